The van der Waals surface area contributed by atoms with E-state index in [1.807, 2.05) is 6.92 Å². The van der Waals surface area contributed by atoms with Crippen LogP contribution < -0.4 is 14.2 Å². The lowest BCUT2D eigenvalue weighted by Gasteiger charge is -2.24. The van der Waals surface area contributed by atoms with E-state index in [9.17, 15) is 19.5 Å². The van der Waals surface area contributed by atoms with Crippen LogP contribution in [0, 0.1) is 0 Å². The topological polar surface area (TPSA) is 121 Å². The molecule has 0 radical (unpaired) electrons. The number of fused-ring (bicyclic) bond motifs is 2. The minimum absolute atomic E-state index is 0.00914. The number of unbranched alkanes of at least 4 members (excludes halogenated alkanes) is 1. The Morgan fingerprint density at radius 2 is 1.61 bits per heavy atom. The molecular formula is C22H23NO8. The highest BCUT2D eigenvalue weighted by atomic mass is 16.5. The molecule has 0 amide bonds. The molecule has 0 fully saturated rings. The number of ether oxygens (including phenoxy) is 4. The lowest BCUT2D eigenvalue weighted by molar-refractivity contribution is 0.0588. The first-order valence-electron chi connectivity index (χ1n) is 9.62. The zero-order chi connectivity index (χ0) is 22.9. The van der Waals surface area contributed by atoms with Crippen molar-refractivity contribution in [3.63, 3.8) is 0 Å². The van der Waals surface area contributed by atoms with Crippen LogP contribution in [0.3, 0.4) is 0 Å². The van der Waals surface area contributed by atoms with Gasteiger partial charge < -0.3 is 24.1 Å². The lowest BCUT2D eigenvalue weighted by atomic mass is 9.83. The summed E-state index contributed by atoms with van der Waals surface area (Å²) in [5.74, 6) is -2.74. The summed E-state index contributed by atoms with van der Waals surface area (Å²) in [5, 5.41) is 10.8. The molecule has 1 N–H and O–H groups in total. The van der Waals surface area contributed by atoms with Crippen LogP contribution in [-0.4, -0.2) is 56.1 Å². The Balaban J connectivity index is 2.35. The Morgan fingerprint density at radius 1 is 0.968 bits per heavy atom. The van der Waals surface area contributed by atoms with Gasteiger partial charge in [-0.15, -0.1) is 0 Å². The van der Waals surface area contributed by atoms with E-state index in [0.29, 0.717) is 12.0 Å². The Morgan fingerprint density at radius 3 is 2.16 bits per heavy atom. The van der Waals surface area contributed by atoms with Crippen molar-refractivity contribution in [3.05, 3.63) is 39.7 Å². The number of carbonyl (C=O) groups is 3. The molecule has 0 saturated heterocycles. The summed E-state index contributed by atoms with van der Waals surface area (Å²) in [6.45, 7) is 2.01. The van der Waals surface area contributed by atoms with E-state index in [4.69, 9.17) is 18.9 Å². The second-order valence-electron chi connectivity index (χ2n) is 6.84. The third-order valence-corrected chi connectivity index (χ3v) is 5.14. The summed E-state index contributed by atoms with van der Waals surface area (Å²) >= 11 is 0. The largest absolute Gasteiger partial charge is 0.504 e. The summed E-state index contributed by atoms with van der Waals surface area (Å²) in [4.78, 5) is 43.0. The van der Waals surface area contributed by atoms with Gasteiger partial charge in [0.15, 0.2) is 34.5 Å². The smallest absolute Gasteiger partial charge is 0.360 e. The summed E-state index contributed by atoms with van der Waals surface area (Å²) in [5.41, 5.74) is -0.420. The highest BCUT2D eigenvalue weighted by molar-refractivity contribution is 6.30. The minimum Gasteiger partial charge on any atom is -0.504 e. The van der Waals surface area contributed by atoms with Gasteiger partial charge in [-0.25, -0.2) is 9.78 Å². The van der Waals surface area contributed by atoms with Crippen LogP contribution in [0.2, 0.25) is 0 Å². The van der Waals surface area contributed by atoms with E-state index in [1.54, 1.807) is 6.07 Å². The fraction of sp³-hybridized carbons (Fsp3) is 0.364. The van der Waals surface area contributed by atoms with Gasteiger partial charge in [0.2, 0.25) is 5.78 Å². The molecule has 0 unspecified atom stereocenters. The van der Waals surface area contributed by atoms with Crippen LogP contribution in [0.4, 0.5) is 0 Å². The fourth-order valence-electron chi connectivity index (χ4n) is 3.69. The van der Waals surface area contributed by atoms with Gasteiger partial charge in [-0.2, -0.15) is 0 Å². The molecule has 9 nitrogen and oxygen atoms in total. The third-order valence-electron chi connectivity index (χ3n) is 5.14. The molecule has 31 heavy (non-hydrogen) atoms. The number of ketones is 2. The SMILES string of the molecule is CCCCc1cc2c(c(O)c1OC)C(=O)c1nc(C(=O)OC)c(OC)c(OC)c1C2=O. The first kappa shape index (κ1) is 22.1. The number of esters is 1. The van der Waals surface area contributed by atoms with Gasteiger partial charge in [0.25, 0.3) is 0 Å². The standard InChI is InChI=1S/C22H23NO8/c1-6-7-8-10-9-11-12(18(26)19(10)28-2)17(25)14-13(16(11)24)20(29-3)21(30-4)15(23-14)22(27)31-5/h9,26H,6-8H2,1-5H3. The highest BCUT2D eigenvalue weighted by Crippen LogP contribution is 2.45. The summed E-state index contributed by atoms with van der Waals surface area (Å²) < 4.78 is 20.6. The Hall–Kier alpha value is -3.62. The molecule has 0 aliphatic heterocycles. The molecule has 0 bridgehead atoms. The van der Waals surface area contributed by atoms with Gasteiger partial charge in [-0.3, -0.25) is 9.59 Å². The summed E-state index contributed by atoms with van der Waals surface area (Å²) in [6, 6.07) is 1.55. The van der Waals surface area contributed by atoms with Crippen molar-refractivity contribution in [2.75, 3.05) is 28.4 Å². The second kappa shape index (κ2) is 8.63. The predicted molar refractivity (Wildman–Crippen MR) is 109 cm³/mol. The Kier molecular flexibility index (Phi) is 6.14. The Labute approximate surface area is 178 Å². The molecule has 2 aromatic rings. The van der Waals surface area contributed by atoms with Crippen molar-refractivity contribution in [3.8, 4) is 23.0 Å². The lowest BCUT2D eigenvalue weighted by Crippen LogP contribution is -2.26. The number of pyridine rings is 1. The quantitative estimate of drug-likeness (QED) is 0.565. The van der Waals surface area contributed by atoms with Crippen LogP contribution in [0.15, 0.2) is 6.07 Å². The first-order valence-corrected chi connectivity index (χ1v) is 9.62. The number of benzene rings is 1. The molecule has 0 spiro atoms. The van der Waals surface area contributed by atoms with Crippen LogP contribution >= 0.6 is 0 Å². The number of hydrogen-bond acceptors (Lipinski definition) is 9. The van der Waals surface area contributed by atoms with Gasteiger partial charge in [-0.1, -0.05) is 13.3 Å². The molecule has 1 aromatic carbocycles. The molecule has 1 aliphatic rings. The number of phenolic OH excluding ortho intramolecular Hbond substituents is 1. The maximum Gasteiger partial charge on any atom is 0.360 e. The van der Waals surface area contributed by atoms with Crippen LogP contribution in [0.1, 0.15) is 67.8 Å². The second-order valence-corrected chi connectivity index (χ2v) is 6.84. The maximum absolute atomic E-state index is 13.4. The highest BCUT2D eigenvalue weighted by Gasteiger charge is 2.41. The van der Waals surface area contributed by atoms with E-state index in [1.165, 1.54) is 21.3 Å². The number of carbonyl (C=O) groups excluding carboxylic acids is 3. The van der Waals surface area contributed by atoms with Crippen molar-refractivity contribution >= 4 is 17.5 Å². The number of rotatable bonds is 7. The van der Waals surface area contributed by atoms with Gasteiger partial charge >= 0.3 is 5.97 Å². The zero-order valence-electron chi connectivity index (χ0n) is 18.0. The molecule has 1 aromatic heterocycles. The molecular weight excluding hydrogens is 406 g/mol. The van der Waals surface area contributed by atoms with E-state index in [2.05, 4.69) is 4.98 Å². The molecule has 0 atom stereocenters. The van der Waals surface area contributed by atoms with Gasteiger partial charge in [0.05, 0.1) is 39.6 Å². The third kappa shape index (κ3) is 3.35. The van der Waals surface area contributed by atoms with Crippen molar-refractivity contribution in [1.29, 1.82) is 0 Å². The van der Waals surface area contributed by atoms with Crippen molar-refractivity contribution in [2.24, 2.45) is 0 Å². The van der Waals surface area contributed by atoms with Crippen molar-refractivity contribution in [1.82, 2.24) is 4.98 Å². The molecule has 9 heteroatoms. The van der Waals surface area contributed by atoms with E-state index < -0.39 is 23.3 Å². The first-order chi connectivity index (χ1) is 14.9. The van der Waals surface area contributed by atoms with Crippen molar-refractivity contribution in [2.45, 2.75) is 26.2 Å². The van der Waals surface area contributed by atoms with E-state index in [0.717, 1.165) is 20.0 Å². The van der Waals surface area contributed by atoms with Gasteiger partial charge in [-0.05, 0) is 24.5 Å². The monoisotopic (exact) mass is 429 g/mol. The number of methoxy groups -OCH3 is 4. The van der Waals surface area contributed by atoms with Crippen LogP contribution in [0.5, 0.6) is 23.0 Å². The normalized spacial score (nSPS) is 12.2. The van der Waals surface area contributed by atoms with Crippen molar-refractivity contribution < 1.29 is 38.4 Å². The van der Waals surface area contributed by atoms with Crippen LogP contribution in [0.25, 0.3) is 0 Å². The van der Waals surface area contributed by atoms with Crippen LogP contribution in [-0.2, 0) is 11.2 Å². The number of aromatic nitrogens is 1. The van der Waals surface area contributed by atoms with E-state index in [-0.39, 0.29) is 45.3 Å². The van der Waals surface area contributed by atoms with E-state index >= 15 is 0 Å². The Bertz CT molecular complexity index is 1090. The molecule has 164 valence electrons. The zero-order valence-corrected chi connectivity index (χ0v) is 18.0. The number of hydrogen-bond donors (Lipinski definition) is 1. The average molecular weight is 429 g/mol. The number of phenols is 1. The summed E-state index contributed by atoms with van der Waals surface area (Å²) in [6.07, 6.45) is 2.24. The number of nitrogens with zero attached hydrogens (tertiary/aromatic N) is 1. The fourth-order valence-corrected chi connectivity index (χ4v) is 3.69. The van der Waals surface area contributed by atoms with Gasteiger partial charge in [0, 0.05) is 5.56 Å². The maximum atomic E-state index is 13.4. The average Bonchev–Trinajstić information content (AvgIpc) is 2.78. The molecule has 0 saturated carbocycles. The summed E-state index contributed by atoms with van der Waals surface area (Å²) in [7, 11) is 5.08. The predicted octanol–water partition coefficient (Wildman–Crippen LogP) is 2.72. The number of aryl methyl sites for hydroxylation is 1. The molecule has 1 aliphatic carbocycles. The minimum atomic E-state index is -0.874. The molecule has 3 rings (SSSR count). The molecule has 1 heterocycles. The van der Waals surface area contributed by atoms with Gasteiger partial charge in [0.1, 0.15) is 5.69 Å². The number of aromatic hydroxyl groups is 1.